The Kier molecular flexibility index (Phi) is 5.06. The van der Waals surface area contributed by atoms with E-state index in [1.54, 1.807) is 54.7 Å². The standard InChI is InChI=1S/C24H20N2O4/c1-15-8-7-9-16(14-15)26-21(18-11-5-6-13-25-18)20(23(28)24(26)29)22(27)17-10-3-4-12-19(17)30-2/h3-14,21,27H,1-2H3/b22-20+. The molecule has 0 aliphatic carbocycles. The molecule has 0 saturated carbocycles. The summed E-state index contributed by atoms with van der Waals surface area (Å²) in [6.07, 6.45) is 1.59. The van der Waals surface area contributed by atoms with Crippen molar-refractivity contribution in [1.29, 1.82) is 0 Å². The van der Waals surface area contributed by atoms with E-state index < -0.39 is 17.7 Å². The van der Waals surface area contributed by atoms with Gasteiger partial charge in [0.15, 0.2) is 0 Å². The average Bonchev–Trinajstić information content (AvgIpc) is 3.04. The number of nitrogens with zero attached hydrogens (tertiary/aromatic N) is 2. The Bertz CT molecular complexity index is 1150. The maximum atomic E-state index is 13.1. The number of aliphatic hydroxyl groups excluding tert-OH is 1. The molecule has 2 heterocycles. The quantitative estimate of drug-likeness (QED) is 0.406. The van der Waals surface area contributed by atoms with Crippen molar-refractivity contribution in [3.8, 4) is 5.75 Å². The SMILES string of the molecule is COc1ccccc1/C(O)=C1\C(=O)C(=O)N(c2cccc(C)c2)C1c1ccccn1. The molecule has 0 radical (unpaired) electrons. The fraction of sp³-hybridized carbons (Fsp3) is 0.125. The van der Waals surface area contributed by atoms with Crippen LogP contribution in [0.15, 0.2) is 78.5 Å². The summed E-state index contributed by atoms with van der Waals surface area (Å²) in [5.41, 5.74) is 2.30. The predicted octanol–water partition coefficient (Wildman–Crippen LogP) is 4.02. The third-order valence-corrected chi connectivity index (χ3v) is 5.05. The number of rotatable bonds is 4. The lowest BCUT2D eigenvalue weighted by molar-refractivity contribution is -0.132. The van der Waals surface area contributed by atoms with Crippen LogP contribution >= 0.6 is 0 Å². The number of anilines is 1. The van der Waals surface area contributed by atoms with Crippen LogP contribution in [0.2, 0.25) is 0 Å². The molecular formula is C24H20N2O4. The minimum absolute atomic E-state index is 0.0234. The second-order valence-corrected chi connectivity index (χ2v) is 6.96. The molecule has 6 heteroatoms. The number of Topliss-reactive ketones (excluding diaryl/α,β-unsaturated/α-hetero) is 1. The van der Waals surface area contributed by atoms with E-state index in [1.165, 1.54) is 12.0 Å². The molecule has 30 heavy (non-hydrogen) atoms. The van der Waals surface area contributed by atoms with Crippen molar-refractivity contribution in [1.82, 2.24) is 4.98 Å². The van der Waals surface area contributed by atoms with Gasteiger partial charge in [0.25, 0.3) is 11.7 Å². The van der Waals surface area contributed by atoms with Gasteiger partial charge in [0.05, 0.1) is 23.9 Å². The number of para-hydroxylation sites is 1. The van der Waals surface area contributed by atoms with Crippen molar-refractivity contribution in [2.75, 3.05) is 12.0 Å². The molecule has 1 fully saturated rings. The van der Waals surface area contributed by atoms with Gasteiger partial charge in [-0.05, 0) is 48.9 Å². The highest BCUT2D eigenvalue weighted by molar-refractivity contribution is 6.51. The van der Waals surface area contributed by atoms with Crippen molar-refractivity contribution in [3.05, 3.63) is 95.3 Å². The Morgan fingerprint density at radius 3 is 2.50 bits per heavy atom. The predicted molar refractivity (Wildman–Crippen MR) is 113 cm³/mol. The molecule has 0 spiro atoms. The summed E-state index contributed by atoms with van der Waals surface area (Å²) in [5.74, 6) is -1.38. The smallest absolute Gasteiger partial charge is 0.300 e. The molecule has 1 aromatic heterocycles. The van der Waals surface area contributed by atoms with Gasteiger partial charge in [-0.3, -0.25) is 19.5 Å². The highest BCUT2D eigenvalue weighted by Gasteiger charge is 2.47. The van der Waals surface area contributed by atoms with Gasteiger partial charge in [-0.2, -0.15) is 0 Å². The molecule has 1 N–H and O–H groups in total. The molecule has 1 unspecified atom stereocenters. The number of aryl methyl sites for hydroxylation is 1. The van der Waals surface area contributed by atoms with Crippen LogP contribution in [0.25, 0.3) is 5.76 Å². The maximum Gasteiger partial charge on any atom is 0.300 e. The van der Waals surface area contributed by atoms with E-state index in [9.17, 15) is 14.7 Å². The van der Waals surface area contributed by atoms with Gasteiger partial charge in [0.2, 0.25) is 0 Å². The first kappa shape index (κ1) is 19.4. The van der Waals surface area contributed by atoms with E-state index >= 15 is 0 Å². The molecule has 1 atom stereocenters. The molecule has 1 aliphatic rings. The summed E-state index contributed by atoms with van der Waals surface area (Å²) in [7, 11) is 1.48. The van der Waals surface area contributed by atoms with Crippen LogP contribution < -0.4 is 9.64 Å². The number of aromatic nitrogens is 1. The summed E-state index contributed by atoms with van der Waals surface area (Å²) in [6.45, 7) is 1.91. The minimum Gasteiger partial charge on any atom is -0.507 e. The average molecular weight is 400 g/mol. The van der Waals surface area contributed by atoms with Gasteiger partial charge in [0, 0.05) is 11.9 Å². The molecular weight excluding hydrogens is 380 g/mol. The van der Waals surface area contributed by atoms with E-state index in [1.807, 2.05) is 25.1 Å². The number of ether oxygens (including phenoxy) is 1. The first-order chi connectivity index (χ1) is 14.5. The fourth-order valence-corrected chi connectivity index (χ4v) is 3.68. The van der Waals surface area contributed by atoms with Gasteiger partial charge in [-0.15, -0.1) is 0 Å². The number of pyridine rings is 1. The van der Waals surface area contributed by atoms with Crippen LogP contribution in [0, 0.1) is 6.92 Å². The summed E-state index contributed by atoms with van der Waals surface area (Å²) in [5, 5.41) is 11.1. The zero-order valence-corrected chi connectivity index (χ0v) is 16.6. The third kappa shape index (κ3) is 3.22. The number of amides is 1. The number of aliphatic hydroxyl groups is 1. The van der Waals surface area contributed by atoms with Gasteiger partial charge in [0.1, 0.15) is 17.6 Å². The third-order valence-electron chi connectivity index (χ3n) is 5.05. The van der Waals surface area contributed by atoms with Crippen LogP contribution in [0.1, 0.15) is 22.9 Å². The highest BCUT2D eigenvalue weighted by Crippen LogP contribution is 2.42. The topological polar surface area (TPSA) is 79.7 Å². The van der Waals surface area contributed by atoms with E-state index in [0.717, 1.165) is 5.56 Å². The van der Waals surface area contributed by atoms with Gasteiger partial charge in [-0.25, -0.2) is 0 Å². The molecule has 4 rings (SSSR count). The van der Waals surface area contributed by atoms with Crippen molar-refractivity contribution in [2.24, 2.45) is 0 Å². The van der Waals surface area contributed by atoms with Crippen LogP contribution in [0.4, 0.5) is 5.69 Å². The van der Waals surface area contributed by atoms with Crippen molar-refractivity contribution < 1.29 is 19.4 Å². The van der Waals surface area contributed by atoms with E-state index in [-0.39, 0.29) is 11.3 Å². The molecule has 150 valence electrons. The number of carbonyl (C=O) groups excluding carboxylic acids is 2. The Morgan fingerprint density at radius 1 is 1.03 bits per heavy atom. The number of carbonyl (C=O) groups is 2. The zero-order chi connectivity index (χ0) is 21.3. The van der Waals surface area contributed by atoms with Crippen molar-refractivity contribution in [2.45, 2.75) is 13.0 Å². The van der Waals surface area contributed by atoms with Crippen LogP contribution in [-0.4, -0.2) is 28.9 Å². The van der Waals surface area contributed by atoms with Gasteiger partial charge < -0.3 is 9.84 Å². The van der Waals surface area contributed by atoms with E-state index in [2.05, 4.69) is 4.98 Å². The zero-order valence-electron chi connectivity index (χ0n) is 16.6. The summed E-state index contributed by atoms with van der Waals surface area (Å²) < 4.78 is 5.34. The number of benzene rings is 2. The number of ketones is 1. The lowest BCUT2D eigenvalue weighted by Crippen LogP contribution is -2.29. The second kappa shape index (κ2) is 7.83. The number of methoxy groups -OCH3 is 1. The normalized spacial score (nSPS) is 17.9. The Balaban J connectivity index is 1.97. The van der Waals surface area contributed by atoms with E-state index in [4.69, 9.17) is 4.74 Å². The van der Waals surface area contributed by atoms with Crippen LogP contribution in [-0.2, 0) is 9.59 Å². The molecule has 1 amide bonds. The lowest BCUT2D eigenvalue weighted by Gasteiger charge is -2.25. The van der Waals surface area contributed by atoms with Crippen molar-refractivity contribution >= 4 is 23.1 Å². The first-order valence-electron chi connectivity index (χ1n) is 9.45. The minimum atomic E-state index is -0.863. The molecule has 0 bridgehead atoms. The Morgan fingerprint density at radius 2 is 1.80 bits per heavy atom. The lowest BCUT2D eigenvalue weighted by atomic mass is 9.97. The molecule has 6 nitrogen and oxygen atoms in total. The number of hydrogen-bond acceptors (Lipinski definition) is 5. The van der Waals surface area contributed by atoms with Crippen LogP contribution in [0.3, 0.4) is 0 Å². The number of hydrogen-bond donors (Lipinski definition) is 1. The monoisotopic (exact) mass is 400 g/mol. The van der Waals surface area contributed by atoms with Gasteiger partial charge >= 0.3 is 0 Å². The summed E-state index contributed by atoms with van der Waals surface area (Å²) in [6, 6.07) is 18.5. The highest BCUT2D eigenvalue weighted by atomic mass is 16.5. The first-order valence-corrected chi connectivity index (χ1v) is 9.45. The molecule has 1 saturated heterocycles. The van der Waals surface area contributed by atoms with Gasteiger partial charge in [-0.1, -0.05) is 30.3 Å². The molecule has 1 aliphatic heterocycles. The Labute approximate surface area is 174 Å². The molecule has 3 aromatic rings. The largest absolute Gasteiger partial charge is 0.507 e. The van der Waals surface area contributed by atoms with Crippen LogP contribution in [0.5, 0.6) is 5.75 Å². The van der Waals surface area contributed by atoms with Crippen molar-refractivity contribution in [3.63, 3.8) is 0 Å². The summed E-state index contributed by atoms with van der Waals surface area (Å²) in [4.78, 5) is 31.9. The summed E-state index contributed by atoms with van der Waals surface area (Å²) >= 11 is 0. The fourth-order valence-electron chi connectivity index (χ4n) is 3.68. The Hall–Kier alpha value is -3.93. The molecule has 2 aromatic carbocycles. The maximum absolute atomic E-state index is 13.1. The van der Waals surface area contributed by atoms with E-state index in [0.29, 0.717) is 22.7 Å². The second-order valence-electron chi connectivity index (χ2n) is 6.96.